The van der Waals surface area contributed by atoms with E-state index in [4.69, 9.17) is 10.5 Å². The largest absolute Gasteiger partial charge is 0.492 e. The van der Waals surface area contributed by atoms with Crippen molar-refractivity contribution in [2.75, 3.05) is 18.5 Å². The zero-order valence-electron chi connectivity index (χ0n) is 9.72. The van der Waals surface area contributed by atoms with Gasteiger partial charge in [-0.25, -0.2) is 4.98 Å². The Balaban J connectivity index is 2.07. The monoisotopic (exact) mass is 246 g/mol. The number of hydrogen-bond acceptors (Lipinski definition) is 5. The third-order valence-corrected chi connectivity index (χ3v) is 2.21. The number of aromatic nitrogens is 2. The fourth-order valence-electron chi connectivity index (χ4n) is 1.39. The van der Waals surface area contributed by atoms with Gasteiger partial charge in [0, 0.05) is 24.6 Å². The molecule has 94 valence electrons. The fraction of sp³-hybridized carbons (Fsp3) is 0.167. The maximum atomic E-state index is 11.4. The van der Waals surface area contributed by atoms with Crippen LogP contribution in [0.5, 0.6) is 5.75 Å². The molecule has 0 bridgehead atoms. The van der Waals surface area contributed by atoms with Crippen molar-refractivity contribution in [3.8, 4) is 5.75 Å². The topological polar surface area (TPSA) is 93.0 Å². The van der Waals surface area contributed by atoms with Gasteiger partial charge in [0.2, 0.25) is 0 Å². The Hall–Kier alpha value is -2.34. The molecular formula is C12H14N4O2. The van der Waals surface area contributed by atoms with Crippen LogP contribution < -0.4 is 21.3 Å². The first-order chi connectivity index (χ1) is 8.79. The van der Waals surface area contributed by atoms with Crippen molar-refractivity contribution >= 4 is 11.5 Å². The summed E-state index contributed by atoms with van der Waals surface area (Å²) in [6.07, 6.45) is 3.00. The molecule has 1 aromatic carbocycles. The smallest absolute Gasteiger partial charge is 0.291 e. The van der Waals surface area contributed by atoms with E-state index in [-0.39, 0.29) is 11.4 Å². The van der Waals surface area contributed by atoms with Crippen molar-refractivity contribution < 1.29 is 4.74 Å². The first kappa shape index (κ1) is 12.1. The average molecular weight is 246 g/mol. The molecule has 0 unspecified atom stereocenters. The molecule has 0 aliphatic heterocycles. The summed E-state index contributed by atoms with van der Waals surface area (Å²) in [7, 11) is 0. The second kappa shape index (κ2) is 5.83. The van der Waals surface area contributed by atoms with E-state index >= 15 is 0 Å². The van der Waals surface area contributed by atoms with Crippen LogP contribution in [0.1, 0.15) is 0 Å². The number of nitrogens with one attached hydrogen (secondary N) is 2. The molecule has 0 radical (unpaired) electrons. The lowest BCUT2D eigenvalue weighted by molar-refractivity contribution is 0.328. The van der Waals surface area contributed by atoms with E-state index in [0.717, 1.165) is 11.4 Å². The van der Waals surface area contributed by atoms with Crippen LogP contribution in [0, 0.1) is 0 Å². The Bertz CT molecular complexity index is 551. The van der Waals surface area contributed by atoms with E-state index in [9.17, 15) is 4.79 Å². The maximum absolute atomic E-state index is 11.4. The molecule has 4 N–H and O–H groups in total. The first-order valence-corrected chi connectivity index (χ1v) is 5.53. The first-order valence-electron chi connectivity index (χ1n) is 5.53. The van der Waals surface area contributed by atoms with Crippen LogP contribution in [-0.4, -0.2) is 23.1 Å². The average Bonchev–Trinajstić information content (AvgIpc) is 2.41. The summed E-state index contributed by atoms with van der Waals surface area (Å²) in [6, 6.07) is 7.21. The van der Waals surface area contributed by atoms with Gasteiger partial charge < -0.3 is 20.8 Å². The molecule has 6 heteroatoms. The molecule has 1 aromatic heterocycles. The second-order valence-electron chi connectivity index (χ2n) is 3.55. The van der Waals surface area contributed by atoms with Crippen molar-refractivity contribution in [1.82, 2.24) is 9.97 Å². The van der Waals surface area contributed by atoms with E-state index in [0.29, 0.717) is 13.2 Å². The number of anilines is 2. The van der Waals surface area contributed by atoms with Crippen molar-refractivity contribution in [1.29, 1.82) is 0 Å². The van der Waals surface area contributed by atoms with Crippen molar-refractivity contribution in [2.45, 2.75) is 0 Å². The lowest BCUT2D eigenvalue weighted by Gasteiger charge is -2.07. The number of benzene rings is 1. The molecule has 0 aliphatic carbocycles. The molecule has 6 nitrogen and oxygen atoms in total. The molecule has 0 saturated carbocycles. The SMILES string of the molecule is NCCOc1ccc(Nc2ncc[nH]c2=O)cc1. The molecule has 2 rings (SSSR count). The lowest BCUT2D eigenvalue weighted by Crippen LogP contribution is -2.12. The summed E-state index contributed by atoms with van der Waals surface area (Å²) in [4.78, 5) is 17.9. The number of nitrogens with two attached hydrogens (primary N) is 1. The highest BCUT2D eigenvalue weighted by molar-refractivity contribution is 5.56. The van der Waals surface area contributed by atoms with Gasteiger partial charge in [-0.3, -0.25) is 4.79 Å². The third kappa shape index (κ3) is 3.08. The zero-order valence-corrected chi connectivity index (χ0v) is 9.72. The molecular weight excluding hydrogens is 232 g/mol. The van der Waals surface area contributed by atoms with Crippen LogP contribution in [0.15, 0.2) is 41.5 Å². The molecule has 0 amide bonds. The summed E-state index contributed by atoms with van der Waals surface area (Å²) in [5.74, 6) is 0.994. The minimum Gasteiger partial charge on any atom is -0.492 e. The van der Waals surface area contributed by atoms with Gasteiger partial charge in [-0.2, -0.15) is 0 Å². The summed E-state index contributed by atoms with van der Waals surface area (Å²) in [5, 5.41) is 2.92. The van der Waals surface area contributed by atoms with Crippen molar-refractivity contribution in [2.24, 2.45) is 5.73 Å². The number of nitrogens with zero attached hydrogens (tertiary/aromatic N) is 1. The molecule has 2 aromatic rings. The van der Waals surface area contributed by atoms with Crippen molar-refractivity contribution in [3.05, 3.63) is 47.0 Å². The van der Waals surface area contributed by atoms with E-state index in [2.05, 4.69) is 15.3 Å². The molecule has 0 fully saturated rings. The second-order valence-corrected chi connectivity index (χ2v) is 3.55. The van der Waals surface area contributed by atoms with Gasteiger partial charge in [-0.1, -0.05) is 0 Å². The van der Waals surface area contributed by atoms with Crippen LogP contribution in [0.25, 0.3) is 0 Å². The summed E-state index contributed by atoms with van der Waals surface area (Å²) in [5.41, 5.74) is 5.84. The standard InChI is InChI=1S/C12H14N4O2/c13-5-8-18-10-3-1-9(2-4-10)16-11-12(17)15-7-6-14-11/h1-4,6-7H,5,8,13H2,(H,14,16)(H,15,17). The highest BCUT2D eigenvalue weighted by Gasteiger charge is 2.00. The highest BCUT2D eigenvalue weighted by Crippen LogP contribution is 2.17. The molecule has 1 heterocycles. The minimum absolute atomic E-state index is 0.258. The molecule has 0 saturated heterocycles. The third-order valence-electron chi connectivity index (χ3n) is 2.21. The summed E-state index contributed by atoms with van der Waals surface area (Å²) >= 11 is 0. The van der Waals surface area contributed by atoms with E-state index in [1.54, 1.807) is 24.3 Å². The van der Waals surface area contributed by atoms with Gasteiger partial charge in [0.1, 0.15) is 12.4 Å². The van der Waals surface area contributed by atoms with Crippen LogP contribution in [0.3, 0.4) is 0 Å². The number of ether oxygens (including phenoxy) is 1. The molecule has 18 heavy (non-hydrogen) atoms. The van der Waals surface area contributed by atoms with Crippen LogP contribution in [-0.2, 0) is 0 Å². The normalized spacial score (nSPS) is 10.1. The van der Waals surface area contributed by atoms with Gasteiger partial charge in [-0.15, -0.1) is 0 Å². The number of aromatic amines is 1. The van der Waals surface area contributed by atoms with Gasteiger partial charge in [0.15, 0.2) is 5.82 Å². The van der Waals surface area contributed by atoms with Crippen LogP contribution in [0.4, 0.5) is 11.5 Å². The lowest BCUT2D eigenvalue weighted by atomic mass is 10.3. The van der Waals surface area contributed by atoms with E-state index in [1.165, 1.54) is 12.4 Å². The number of hydrogen-bond donors (Lipinski definition) is 3. The maximum Gasteiger partial charge on any atom is 0.291 e. The van der Waals surface area contributed by atoms with Crippen molar-refractivity contribution in [3.63, 3.8) is 0 Å². The van der Waals surface area contributed by atoms with Crippen LogP contribution in [0.2, 0.25) is 0 Å². The Morgan fingerprint density at radius 2 is 2.11 bits per heavy atom. The highest BCUT2D eigenvalue weighted by atomic mass is 16.5. The molecule has 0 atom stereocenters. The van der Waals surface area contributed by atoms with Gasteiger partial charge >= 0.3 is 0 Å². The van der Waals surface area contributed by atoms with Crippen LogP contribution >= 0.6 is 0 Å². The number of rotatable bonds is 5. The Kier molecular flexibility index (Phi) is 3.93. The van der Waals surface area contributed by atoms with Gasteiger partial charge in [0.05, 0.1) is 0 Å². The Labute approximate surface area is 104 Å². The Morgan fingerprint density at radius 1 is 1.33 bits per heavy atom. The summed E-state index contributed by atoms with van der Waals surface area (Å²) in [6.45, 7) is 0.954. The van der Waals surface area contributed by atoms with Gasteiger partial charge in [-0.05, 0) is 24.3 Å². The zero-order chi connectivity index (χ0) is 12.8. The van der Waals surface area contributed by atoms with E-state index in [1.807, 2.05) is 0 Å². The predicted octanol–water partition coefficient (Wildman–Crippen LogP) is 0.851. The minimum atomic E-state index is -0.263. The van der Waals surface area contributed by atoms with E-state index < -0.39 is 0 Å². The Morgan fingerprint density at radius 3 is 2.78 bits per heavy atom. The molecule has 0 aliphatic rings. The quantitative estimate of drug-likeness (QED) is 0.727. The predicted molar refractivity (Wildman–Crippen MR) is 69.1 cm³/mol. The summed E-state index contributed by atoms with van der Waals surface area (Å²) < 4.78 is 5.35. The van der Waals surface area contributed by atoms with Gasteiger partial charge in [0.25, 0.3) is 5.56 Å². The fourth-order valence-corrected chi connectivity index (χ4v) is 1.39. The number of H-pyrrole nitrogens is 1. The molecule has 0 spiro atoms.